The molecule has 33 heavy (non-hydrogen) atoms. The summed E-state index contributed by atoms with van der Waals surface area (Å²) in [6, 6.07) is 21.8. The highest BCUT2D eigenvalue weighted by Crippen LogP contribution is 2.33. The number of ether oxygens (including phenoxy) is 2. The molecule has 0 heterocycles. The molecule has 8 heteroatoms. The average Bonchev–Trinajstić information content (AvgIpc) is 2.83. The zero-order valence-corrected chi connectivity index (χ0v) is 19.5. The Morgan fingerprint density at radius 2 is 1.67 bits per heavy atom. The molecule has 0 aliphatic carbocycles. The van der Waals surface area contributed by atoms with Gasteiger partial charge in [-0.3, -0.25) is 4.79 Å². The van der Waals surface area contributed by atoms with Gasteiger partial charge in [0.2, 0.25) is 15.9 Å². The van der Waals surface area contributed by atoms with Gasteiger partial charge >= 0.3 is 0 Å². The van der Waals surface area contributed by atoms with Crippen molar-refractivity contribution in [3.05, 3.63) is 83.8 Å². The second kappa shape index (κ2) is 10.8. The quantitative estimate of drug-likeness (QED) is 0.510. The predicted molar refractivity (Wildman–Crippen MR) is 131 cm³/mol. The molecule has 3 aromatic carbocycles. The summed E-state index contributed by atoms with van der Waals surface area (Å²) in [6.45, 7) is -0.328. The Morgan fingerprint density at radius 3 is 2.30 bits per heavy atom. The van der Waals surface area contributed by atoms with E-state index < -0.39 is 15.9 Å². The van der Waals surface area contributed by atoms with Crippen LogP contribution < -0.4 is 14.8 Å². The normalized spacial score (nSPS) is 11.5. The van der Waals surface area contributed by atoms with Crippen LogP contribution in [-0.4, -0.2) is 46.4 Å². The molecule has 3 rings (SSSR count). The number of carbonyl (C=O) groups is 1. The highest BCUT2D eigenvalue weighted by molar-refractivity contribution is 7.92. The lowest BCUT2D eigenvalue weighted by atomic mass is 10.0. The van der Waals surface area contributed by atoms with Crippen LogP contribution in [0.4, 0.5) is 5.69 Å². The van der Waals surface area contributed by atoms with Crippen LogP contribution in [0.5, 0.6) is 11.5 Å². The highest BCUT2D eigenvalue weighted by atomic mass is 32.2. The predicted octanol–water partition coefficient (Wildman–Crippen LogP) is 4.24. The third-order valence-electron chi connectivity index (χ3n) is 4.92. The molecule has 0 aliphatic rings. The lowest BCUT2D eigenvalue weighted by Crippen LogP contribution is -2.33. The first-order chi connectivity index (χ1) is 15.8. The second-order valence-electron chi connectivity index (χ2n) is 7.21. The Hall–Kier alpha value is -3.62. The fraction of sp³-hybridized carbons (Fsp3) is 0.160. The van der Waals surface area contributed by atoms with Crippen LogP contribution >= 0.6 is 0 Å². The van der Waals surface area contributed by atoms with Crippen molar-refractivity contribution in [3.8, 4) is 22.6 Å². The largest absolute Gasteiger partial charge is 0.497 e. The van der Waals surface area contributed by atoms with Crippen molar-refractivity contribution in [1.82, 2.24) is 4.31 Å². The lowest BCUT2D eigenvalue weighted by molar-refractivity contribution is -0.116. The maximum absolute atomic E-state index is 12.5. The zero-order valence-electron chi connectivity index (χ0n) is 18.7. The zero-order chi connectivity index (χ0) is 23.8. The Kier molecular flexibility index (Phi) is 7.87. The van der Waals surface area contributed by atoms with Gasteiger partial charge in [-0.2, -0.15) is 4.31 Å². The van der Waals surface area contributed by atoms with E-state index in [1.54, 1.807) is 44.6 Å². The Morgan fingerprint density at radius 1 is 0.970 bits per heavy atom. The molecule has 0 saturated carbocycles. The third kappa shape index (κ3) is 6.44. The number of nitrogens with one attached hydrogen (secondary N) is 1. The number of sulfonamides is 1. The topological polar surface area (TPSA) is 84.9 Å². The average molecular weight is 467 g/mol. The molecule has 0 atom stereocenters. The second-order valence-corrected chi connectivity index (χ2v) is 9.13. The number of anilines is 1. The molecule has 0 bridgehead atoms. The van der Waals surface area contributed by atoms with Gasteiger partial charge in [0, 0.05) is 23.7 Å². The van der Waals surface area contributed by atoms with E-state index >= 15 is 0 Å². The number of benzene rings is 3. The van der Waals surface area contributed by atoms with Crippen molar-refractivity contribution in [2.75, 3.05) is 33.1 Å². The monoisotopic (exact) mass is 466 g/mol. The Balaban J connectivity index is 1.71. The molecule has 1 N–H and O–H groups in total. The molecule has 1 amide bonds. The Bertz CT molecular complexity index is 1220. The number of hydrogen-bond acceptors (Lipinski definition) is 5. The van der Waals surface area contributed by atoms with E-state index in [0.717, 1.165) is 32.2 Å². The van der Waals surface area contributed by atoms with Gasteiger partial charge in [0.1, 0.15) is 11.5 Å². The van der Waals surface area contributed by atoms with Gasteiger partial charge in [-0.1, -0.05) is 42.5 Å². The maximum atomic E-state index is 12.5. The minimum atomic E-state index is -3.75. The molecule has 0 radical (unpaired) electrons. The van der Waals surface area contributed by atoms with E-state index in [-0.39, 0.29) is 6.54 Å². The minimum Gasteiger partial charge on any atom is -0.497 e. The van der Waals surface area contributed by atoms with Gasteiger partial charge < -0.3 is 14.8 Å². The summed E-state index contributed by atoms with van der Waals surface area (Å²) in [6.07, 6.45) is 1.49. The summed E-state index contributed by atoms with van der Waals surface area (Å²) in [5, 5.41) is 3.84. The first-order valence-electron chi connectivity index (χ1n) is 10.1. The van der Waals surface area contributed by atoms with Crippen LogP contribution in [0.15, 0.2) is 78.2 Å². The number of methoxy groups -OCH3 is 2. The summed E-state index contributed by atoms with van der Waals surface area (Å²) < 4.78 is 36.6. The molecule has 0 aliphatic heterocycles. The molecule has 0 fully saturated rings. The molecule has 0 unspecified atom stereocenters. The van der Waals surface area contributed by atoms with Gasteiger partial charge in [-0.15, -0.1) is 0 Å². The van der Waals surface area contributed by atoms with Gasteiger partial charge in [0.25, 0.3) is 0 Å². The van der Waals surface area contributed by atoms with Gasteiger partial charge in [0.15, 0.2) is 0 Å². The molecule has 0 saturated heterocycles. The van der Waals surface area contributed by atoms with Crippen molar-refractivity contribution < 1.29 is 22.7 Å². The third-order valence-corrected chi connectivity index (χ3v) is 6.39. The van der Waals surface area contributed by atoms with Crippen molar-refractivity contribution in [1.29, 1.82) is 0 Å². The van der Waals surface area contributed by atoms with Crippen LogP contribution in [0.25, 0.3) is 17.2 Å². The number of nitrogens with zero attached hydrogens (tertiary/aromatic N) is 1. The number of hydrogen-bond donors (Lipinski definition) is 1. The minimum absolute atomic E-state index is 0.328. The van der Waals surface area contributed by atoms with Crippen LogP contribution in [0.3, 0.4) is 0 Å². The van der Waals surface area contributed by atoms with Crippen LogP contribution in [0, 0.1) is 0 Å². The first kappa shape index (κ1) is 24.0. The molecule has 0 spiro atoms. The van der Waals surface area contributed by atoms with Crippen molar-refractivity contribution >= 4 is 27.7 Å². The van der Waals surface area contributed by atoms with Crippen molar-refractivity contribution in [2.24, 2.45) is 0 Å². The number of likely N-dealkylation sites (N-methyl/N-ethyl adjacent to an activating group) is 1. The lowest BCUT2D eigenvalue weighted by Gasteiger charge is -2.16. The van der Waals surface area contributed by atoms with Crippen LogP contribution in [-0.2, 0) is 14.8 Å². The SMILES string of the molecule is COc1ccc(-c2cc(NC(=O)CN(C)S(=O)(=O)C=Cc3ccccc3)ccc2OC)cc1. The van der Waals surface area contributed by atoms with Crippen molar-refractivity contribution in [3.63, 3.8) is 0 Å². The van der Waals surface area contributed by atoms with E-state index in [0.29, 0.717) is 11.4 Å². The number of carbonyl (C=O) groups excluding carboxylic acids is 1. The van der Waals surface area contributed by atoms with Gasteiger partial charge in [-0.05, 0) is 47.5 Å². The fourth-order valence-corrected chi connectivity index (χ4v) is 3.94. The molecular weight excluding hydrogens is 440 g/mol. The summed E-state index contributed by atoms with van der Waals surface area (Å²) in [5.41, 5.74) is 2.94. The van der Waals surface area contributed by atoms with Gasteiger partial charge in [-0.25, -0.2) is 8.42 Å². The highest BCUT2D eigenvalue weighted by Gasteiger charge is 2.18. The summed E-state index contributed by atoms with van der Waals surface area (Å²) in [7, 11) is 0.778. The fourth-order valence-electron chi connectivity index (χ4n) is 3.11. The van der Waals surface area contributed by atoms with Crippen molar-refractivity contribution in [2.45, 2.75) is 0 Å². The molecule has 0 aromatic heterocycles. The van der Waals surface area contributed by atoms with Crippen LogP contribution in [0.2, 0.25) is 0 Å². The van der Waals surface area contributed by atoms with Crippen LogP contribution in [0.1, 0.15) is 5.56 Å². The first-order valence-corrected chi connectivity index (χ1v) is 11.6. The van der Waals surface area contributed by atoms with E-state index in [9.17, 15) is 13.2 Å². The molecule has 7 nitrogen and oxygen atoms in total. The van der Waals surface area contributed by atoms with E-state index in [2.05, 4.69) is 5.32 Å². The number of amides is 1. The molecule has 3 aromatic rings. The van der Waals surface area contributed by atoms with E-state index in [1.807, 2.05) is 42.5 Å². The molecular formula is C25H26N2O5S. The number of rotatable bonds is 9. The summed E-state index contributed by atoms with van der Waals surface area (Å²) >= 11 is 0. The maximum Gasteiger partial charge on any atom is 0.239 e. The van der Waals surface area contributed by atoms with E-state index in [4.69, 9.17) is 9.47 Å². The Labute approximate surface area is 194 Å². The molecule has 172 valence electrons. The smallest absolute Gasteiger partial charge is 0.239 e. The summed E-state index contributed by atoms with van der Waals surface area (Å²) in [4.78, 5) is 12.5. The van der Waals surface area contributed by atoms with E-state index in [1.165, 1.54) is 13.1 Å². The van der Waals surface area contributed by atoms with Gasteiger partial charge in [0.05, 0.1) is 20.8 Å². The summed E-state index contributed by atoms with van der Waals surface area (Å²) in [5.74, 6) is 0.914. The standard InChI is InChI=1S/C25H26N2O5S/c1-27(33(29,30)16-15-19-7-5-4-6-8-19)18-25(28)26-21-11-14-24(32-3)23(17-21)20-9-12-22(31-2)13-10-20/h4-17H,18H2,1-3H3,(H,26,28).